The van der Waals surface area contributed by atoms with Gasteiger partial charge in [0, 0.05) is 44.5 Å². The maximum absolute atomic E-state index is 13.8. The highest BCUT2D eigenvalue weighted by Crippen LogP contribution is 2.37. The van der Waals surface area contributed by atoms with Crippen LogP contribution in [0.25, 0.3) is 0 Å². The van der Waals surface area contributed by atoms with Gasteiger partial charge in [-0.15, -0.1) is 0 Å². The van der Waals surface area contributed by atoms with Gasteiger partial charge in [0.25, 0.3) is 0 Å². The van der Waals surface area contributed by atoms with E-state index in [0.29, 0.717) is 24.3 Å². The number of nitrogens with one attached hydrogen (secondary N) is 2. The molecule has 0 saturated carbocycles. The number of rotatable bonds is 6. The Morgan fingerprint density at radius 2 is 1.79 bits per heavy atom. The van der Waals surface area contributed by atoms with Crippen molar-refractivity contribution in [2.45, 2.75) is 26.4 Å². The number of Topliss-reactive ketones (excluding diaryl/α,β-unsaturated/α-hetero) is 1. The Hall–Kier alpha value is -3.34. The van der Waals surface area contributed by atoms with Crippen LogP contribution in [0.3, 0.4) is 0 Å². The molecule has 1 aliphatic rings. The van der Waals surface area contributed by atoms with Gasteiger partial charge < -0.3 is 24.8 Å². The van der Waals surface area contributed by atoms with E-state index in [1.165, 1.54) is 19.9 Å². The first-order chi connectivity index (χ1) is 15.9. The third-order valence-corrected chi connectivity index (χ3v) is 5.86. The summed E-state index contributed by atoms with van der Waals surface area (Å²) in [6.07, 6.45) is -5.14. The Balaban J connectivity index is 1.87. The monoisotopic (exact) mass is 480 g/mol. The number of methoxy groups -OCH3 is 1. The molecule has 0 radical (unpaired) electrons. The molecule has 2 N–H and O–H groups in total. The number of nitrogens with zero attached hydrogens (tertiary/aromatic N) is 2. The van der Waals surface area contributed by atoms with E-state index in [1.807, 2.05) is 11.9 Å². The molecule has 11 heteroatoms. The average molecular weight is 480 g/mol. The molecule has 0 atom stereocenters. The van der Waals surface area contributed by atoms with Crippen LogP contribution in [0.15, 0.2) is 18.2 Å². The molecule has 0 aliphatic carbocycles. The fourth-order valence-electron chi connectivity index (χ4n) is 4.01. The lowest BCUT2D eigenvalue weighted by Gasteiger charge is -2.34. The van der Waals surface area contributed by atoms with Crippen LogP contribution in [0.1, 0.15) is 44.6 Å². The number of ketones is 1. The van der Waals surface area contributed by atoms with Gasteiger partial charge in [-0.1, -0.05) is 0 Å². The van der Waals surface area contributed by atoms with Gasteiger partial charge in [0.05, 0.1) is 36.0 Å². The molecule has 8 nitrogen and oxygen atoms in total. The summed E-state index contributed by atoms with van der Waals surface area (Å²) in [5, 5.41) is 2.30. The molecule has 0 bridgehead atoms. The zero-order chi connectivity index (χ0) is 25.2. The Morgan fingerprint density at radius 3 is 2.35 bits per heavy atom. The average Bonchev–Trinajstić information content (AvgIpc) is 3.09. The van der Waals surface area contributed by atoms with E-state index in [4.69, 9.17) is 4.74 Å². The molecule has 3 rings (SSSR count). The Kier molecular flexibility index (Phi) is 7.35. The summed E-state index contributed by atoms with van der Waals surface area (Å²) in [7, 11) is 3.11. The molecule has 184 valence electrons. The zero-order valence-corrected chi connectivity index (χ0v) is 19.4. The molecular weight excluding hydrogens is 453 g/mol. The van der Waals surface area contributed by atoms with Crippen molar-refractivity contribution in [1.82, 2.24) is 9.88 Å². The predicted molar refractivity (Wildman–Crippen MR) is 120 cm³/mol. The second-order valence-corrected chi connectivity index (χ2v) is 8.27. The van der Waals surface area contributed by atoms with Crippen molar-refractivity contribution in [3.63, 3.8) is 0 Å². The van der Waals surface area contributed by atoms with E-state index < -0.39 is 30.0 Å². The number of hydrogen-bond donors (Lipinski definition) is 2. The second-order valence-electron chi connectivity index (χ2n) is 8.27. The molecule has 1 fully saturated rings. The van der Waals surface area contributed by atoms with Gasteiger partial charge in [-0.05, 0) is 37.7 Å². The van der Waals surface area contributed by atoms with Crippen molar-refractivity contribution in [3.8, 4) is 0 Å². The third-order valence-electron chi connectivity index (χ3n) is 5.86. The van der Waals surface area contributed by atoms with Gasteiger partial charge in [0.2, 0.25) is 5.91 Å². The lowest BCUT2D eigenvalue weighted by molar-refractivity contribution is -0.136. The summed E-state index contributed by atoms with van der Waals surface area (Å²) < 4.78 is 46.2. The maximum atomic E-state index is 13.8. The van der Waals surface area contributed by atoms with Crippen LogP contribution in [0.5, 0.6) is 0 Å². The summed E-state index contributed by atoms with van der Waals surface area (Å²) in [6.45, 7) is 5.49. The number of alkyl halides is 3. The predicted octanol–water partition coefficient (Wildman–Crippen LogP) is 3.26. The summed E-state index contributed by atoms with van der Waals surface area (Å²) in [4.78, 5) is 43.4. The number of benzene rings is 1. The minimum Gasteiger partial charge on any atom is -0.465 e. The number of H-pyrrole nitrogens is 1. The normalized spacial score (nSPS) is 14.7. The van der Waals surface area contributed by atoms with Gasteiger partial charge >= 0.3 is 12.1 Å². The number of aromatic amines is 1. The van der Waals surface area contributed by atoms with Crippen LogP contribution in [0, 0.1) is 6.92 Å². The molecule has 2 aromatic rings. The molecule has 1 aromatic carbocycles. The second kappa shape index (κ2) is 9.88. The number of hydrogen-bond acceptors (Lipinski definition) is 6. The Bertz CT molecular complexity index is 1100. The molecule has 34 heavy (non-hydrogen) atoms. The molecular formula is C23H27F3N4O4. The standard InChI is InChI=1S/C23H27F3N4O4/c1-13-20(22(33)34-4)18(28-21(13)14(2)31)12-19(32)27-17-6-5-15(11-16(17)23(24,25)26)30-9-7-29(3)8-10-30/h5-6,11,28H,7-10,12H2,1-4H3,(H,27,32). The van der Waals surface area contributed by atoms with Crippen molar-refractivity contribution in [2.24, 2.45) is 0 Å². The number of carbonyl (C=O) groups is 3. The Labute approximate surface area is 195 Å². The van der Waals surface area contributed by atoms with E-state index in [9.17, 15) is 27.6 Å². The van der Waals surface area contributed by atoms with E-state index in [-0.39, 0.29) is 28.4 Å². The number of anilines is 2. The van der Waals surface area contributed by atoms with Crippen LogP contribution < -0.4 is 10.2 Å². The van der Waals surface area contributed by atoms with Crippen LogP contribution >= 0.6 is 0 Å². The molecule has 0 spiro atoms. The number of esters is 1. The van der Waals surface area contributed by atoms with E-state index in [0.717, 1.165) is 26.3 Å². The minimum atomic E-state index is -4.69. The minimum absolute atomic E-state index is 0.0179. The van der Waals surface area contributed by atoms with Crippen LogP contribution in [-0.2, 0) is 22.1 Å². The fourth-order valence-corrected chi connectivity index (χ4v) is 4.01. The summed E-state index contributed by atoms with van der Waals surface area (Å²) >= 11 is 0. The quantitative estimate of drug-likeness (QED) is 0.487. The lowest BCUT2D eigenvalue weighted by atomic mass is 10.1. The van der Waals surface area contributed by atoms with Gasteiger partial charge in [-0.25, -0.2) is 4.79 Å². The van der Waals surface area contributed by atoms with Gasteiger partial charge in [0.15, 0.2) is 5.78 Å². The molecule has 1 saturated heterocycles. The van der Waals surface area contributed by atoms with Gasteiger partial charge in [-0.2, -0.15) is 13.2 Å². The number of carbonyl (C=O) groups excluding carboxylic acids is 3. The van der Waals surface area contributed by atoms with Crippen LogP contribution in [0.4, 0.5) is 24.5 Å². The molecule has 1 amide bonds. The lowest BCUT2D eigenvalue weighted by Crippen LogP contribution is -2.44. The molecule has 2 heterocycles. The van der Waals surface area contributed by atoms with E-state index in [2.05, 4.69) is 15.2 Å². The smallest absolute Gasteiger partial charge is 0.418 e. The Morgan fingerprint density at radius 1 is 1.15 bits per heavy atom. The molecule has 0 unspecified atom stereocenters. The van der Waals surface area contributed by atoms with Gasteiger partial charge in [-0.3, -0.25) is 9.59 Å². The first kappa shape index (κ1) is 25.3. The third kappa shape index (κ3) is 5.41. The highest BCUT2D eigenvalue weighted by molar-refractivity contribution is 6.02. The zero-order valence-electron chi connectivity index (χ0n) is 19.4. The largest absolute Gasteiger partial charge is 0.465 e. The summed E-state index contributed by atoms with van der Waals surface area (Å²) in [5.41, 5.74) is -0.357. The van der Waals surface area contributed by atoms with E-state index >= 15 is 0 Å². The summed E-state index contributed by atoms with van der Waals surface area (Å²) in [6, 6.07) is 3.81. The van der Waals surface area contributed by atoms with Crippen molar-refractivity contribution in [2.75, 3.05) is 50.6 Å². The van der Waals surface area contributed by atoms with E-state index in [1.54, 1.807) is 6.07 Å². The highest BCUT2D eigenvalue weighted by atomic mass is 19.4. The van der Waals surface area contributed by atoms with Crippen molar-refractivity contribution >= 4 is 29.0 Å². The fraction of sp³-hybridized carbons (Fsp3) is 0.435. The number of likely N-dealkylation sites (N-methyl/N-ethyl adjacent to an activating group) is 1. The SMILES string of the molecule is COC(=O)c1c(CC(=O)Nc2ccc(N3CCN(C)CC3)cc2C(F)(F)F)[nH]c(C(C)=O)c1C. The number of amides is 1. The molecule has 1 aliphatic heterocycles. The van der Waals surface area contributed by atoms with Crippen LogP contribution in [0.2, 0.25) is 0 Å². The van der Waals surface area contributed by atoms with Crippen molar-refractivity contribution in [3.05, 3.63) is 46.3 Å². The molecule has 1 aromatic heterocycles. The number of ether oxygens (including phenoxy) is 1. The number of aromatic nitrogens is 1. The topological polar surface area (TPSA) is 94.7 Å². The highest BCUT2D eigenvalue weighted by Gasteiger charge is 2.35. The van der Waals surface area contributed by atoms with Crippen molar-refractivity contribution in [1.29, 1.82) is 0 Å². The first-order valence-corrected chi connectivity index (χ1v) is 10.7. The maximum Gasteiger partial charge on any atom is 0.418 e. The van der Waals surface area contributed by atoms with Crippen LogP contribution in [-0.4, -0.2) is 67.9 Å². The summed E-state index contributed by atoms with van der Waals surface area (Å²) in [5.74, 6) is -1.89. The number of halogens is 3. The van der Waals surface area contributed by atoms with Gasteiger partial charge in [0.1, 0.15) is 0 Å². The first-order valence-electron chi connectivity index (χ1n) is 10.7. The number of piperazine rings is 1. The van der Waals surface area contributed by atoms with Crippen molar-refractivity contribution < 1.29 is 32.3 Å².